The minimum atomic E-state index is -0.310. The number of thiol groups is 1. The average Bonchev–Trinajstić information content (AvgIpc) is 3.06. The van der Waals surface area contributed by atoms with Crippen molar-refractivity contribution >= 4 is 63.8 Å². The molecule has 0 fully saturated rings. The van der Waals surface area contributed by atoms with E-state index in [-0.39, 0.29) is 12.5 Å². The Morgan fingerprint density at radius 2 is 1.63 bits per heavy atom. The number of fused-ring (bicyclic) bond motifs is 3. The van der Waals surface area contributed by atoms with Crippen LogP contribution in [0.1, 0.15) is 6.92 Å². The van der Waals surface area contributed by atoms with Crippen molar-refractivity contribution in [3.05, 3.63) is 70.7 Å². The largest absolute Gasteiger partial charge is 0.468 e. The fraction of sp³-hybridized carbons (Fsp3) is 0.174. The van der Waals surface area contributed by atoms with Crippen LogP contribution in [-0.2, 0) is 16.1 Å². The second-order valence-corrected chi connectivity index (χ2v) is 7.75. The maximum atomic E-state index is 10.1. The second-order valence-electron chi connectivity index (χ2n) is 6.56. The van der Waals surface area contributed by atoms with Gasteiger partial charge in [0.2, 0.25) is 0 Å². The molecule has 0 saturated heterocycles. The molecule has 156 valence electrons. The Balaban J connectivity index is 0.000000318. The Morgan fingerprint density at radius 3 is 2.23 bits per heavy atom. The second kappa shape index (κ2) is 10.2. The first-order valence-electron chi connectivity index (χ1n) is 9.39. The molecule has 0 aliphatic heterocycles. The van der Waals surface area contributed by atoms with Crippen LogP contribution in [0.3, 0.4) is 0 Å². The molecule has 4 rings (SSSR count). The molecule has 3 aromatic carbocycles. The number of para-hydroxylation sites is 1. The van der Waals surface area contributed by atoms with Crippen LogP contribution in [-0.4, -0.2) is 24.2 Å². The van der Waals surface area contributed by atoms with E-state index in [4.69, 9.17) is 23.2 Å². The van der Waals surface area contributed by atoms with Crippen molar-refractivity contribution in [2.75, 3.05) is 13.7 Å². The van der Waals surface area contributed by atoms with Gasteiger partial charge in [0.25, 0.3) is 0 Å². The monoisotopic (exact) mass is 460 g/mol. The Labute approximate surface area is 191 Å². The maximum Gasteiger partial charge on any atom is 0.320 e. The quantitative estimate of drug-likeness (QED) is 0.274. The molecule has 0 bridgehead atoms. The average molecular weight is 461 g/mol. The van der Waals surface area contributed by atoms with Crippen LogP contribution < -0.4 is 4.72 Å². The van der Waals surface area contributed by atoms with E-state index < -0.39 is 0 Å². The van der Waals surface area contributed by atoms with E-state index >= 15 is 0 Å². The van der Waals surface area contributed by atoms with Gasteiger partial charge >= 0.3 is 5.97 Å². The van der Waals surface area contributed by atoms with Gasteiger partial charge in [0, 0.05) is 38.4 Å². The number of carbonyl (C=O) groups is 1. The summed E-state index contributed by atoms with van der Waals surface area (Å²) in [4.78, 5) is 10.1. The predicted molar refractivity (Wildman–Crippen MR) is 130 cm³/mol. The molecule has 1 N–H and O–H groups in total. The molecule has 1 aromatic heterocycles. The lowest BCUT2D eigenvalue weighted by Crippen LogP contribution is -2.15. The van der Waals surface area contributed by atoms with Gasteiger partial charge in [0.1, 0.15) is 6.54 Å². The van der Waals surface area contributed by atoms with Crippen molar-refractivity contribution in [1.29, 1.82) is 0 Å². The first-order valence-corrected chi connectivity index (χ1v) is 10.6. The molecule has 30 heavy (non-hydrogen) atoms. The number of hydrogen-bond donors (Lipinski definition) is 2. The Bertz CT molecular complexity index is 1170. The highest BCUT2D eigenvalue weighted by Gasteiger charge is 2.10. The minimum absolute atomic E-state index is 0.152. The number of nitrogens with one attached hydrogen (secondary N) is 1. The number of methoxy groups -OCH3 is 1. The third-order valence-corrected chi connectivity index (χ3v) is 5.33. The summed E-state index contributed by atoms with van der Waals surface area (Å²) in [5, 5.41) is 3.85. The van der Waals surface area contributed by atoms with Crippen LogP contribution in [0.2, 0.25) is 10.0 Å². The highest BCUT2D eigenvalue weighted by Crippen LogP contribution is 2.34. The van der Waals surface area contributed by atoms with E-state index in [0.717, 1.165) is 17.7 Å². The van der Waals surface area contributed by atoms with E-state index in [1.54, 1.807) is 6.07 Å². The molecule has 0 saturated carbocycles. The van der Waals surface area contributed by atoms with E-state index in [0.29, 0.717) is 10.0 Å². The molecule has 4 aromatic rings. The van der Waals surface area contributed by atoms with Gasteiger partial charge in [-0.25, -0.2) is 0 Å². The fourth-order valence-corrected chi connectivity index (χ4v) is 4.09. The number of ether oxygens (including phenoxy) is 1. The Morgan fingerprint density at radius 1 is 0.967 bits per heavy atom. The zero-order valence-corrected chi connectivity index (χ0v) is 19.1. The summed E-state index contributed by atoms with van der Waals surface area (Å²) in [6, 6.07) is 20.7. The van der Waals surface area contributed by atoms with Crippen LogP contribution in [0.25, 0.3) is 32.9 Å². The van der Waals surface area contributed by atoms with E-state index in [9.17, 15) is 4.79 Å². The molecule has 0 spiro atoms. The van der Waals surface area contributed by atoms with Gasteiger partial charge in [-0.3, -0.25) is 9.52 Å². The zero-order valence-electron chi connectivity index (χ0n) is 16.7. The molecule has 0 atom stereocenters. The summed E-state index contributed by atoms with van der Waals surface area (Å²) in [6.07, 6.45) is 0. The predicted octanol–water partition coefficient (Wildman–Crippen LogP) is 6.38. The number of benzene rings is 3. The van der Waals surface area contributed by atoms with Gasteiger partial charge in [-0.1, -0.05) is 60.3 Å². The summed E-state index contributed by atoms with van der Waals surface area (Å²) >= 11 is 15.9. The van der Waals surface area contributed by atoms with Gasteiger partial charge in [0.15, 0.2) is 0 Å². The topological polar surface area (TPSA) is 43.3 Å². The molecule has 0 aliphatic rings. The van der Waals surface area contributed by atoms with Gasteiger partial charge in [0.05, 0.1) is 7.11 Å². The fourth-order valence-electron chi connectivity index (χ4n) is 3.43. The van der Waals surface area contributed by atoms with Crippen molar-refractivity contribution in [2.24, 2.45) is 0 Å². The first-order chi connectivity index (χ1) is 14.5. The number of halogens is 2. The lowest BCUT2D eigenvalue weighted by molar-refractivity contribution is -0.139. The van der Waals surface area contributed by atoms with Crippen molar-refractivity contribution in [3.8, 4) is 11.1 Å². The molecule has 1 heterocycles. The molecular formula is C23H22Cl2N2O2S. The molecule has 7 heteroatoms. The van der Waals surface area contributed by atoms with E-state index in [2.05, 4.69) is 76.2 Å². The number of carbonyl (C=O) groups excluding carboxylic acids is 1. The third-order valence-electron chi connectivity index (χ3n) is 4.74. The highest BCUT2D eigenvalue weighted by atomic mass is 35.5. The van der Waals surface area contributed by atoms with Gasteiger partial charge in [-0.2, -0.15) is 0 Å². The summed E-state index contributed by atoms with van der Waals surface area (Å²) in [5.41, 5.74) is 4.69. The van der Waals surface area contributed by atoms with Crippen molar-refractivity contribution in [2.45, 2.75) is 13.5 Å². The van der Waals surface area contributed by atoms with Crippen molar-refractivity contribution in [3.63, 3.8) is 0 Å². The van der Waals surface area contributed by atoms with Crippen molar-refractivity contribution in [1.82, 2.24) is 9.29 Å². The van der Waals surface area contributed by atoms with E-state index in [1.807, 2.05) is 12.1 Å². The normalized spacial score (nSPS) is 10.7. The zero-order chi connectivity index (χ0) is 21.7. The van der Waals surface area contributed by atoms with Gasteiger partial charge in [-0.05, 0) is 54.4 Å². The van der Waals surface area contributed by atoms with Crippen molar-refractivity contribution < 1.29 is 9.53 Å². The Hall–Kier alpha value is -2.18. The summed E-state index contributed by atoms with van der Waals surface area (Å²) < 4.78 is 8.93. The molecular weight excluding hydrogens is 439 g/mol. The smallest absolute Gasteiger partial charge is 0.320 e. The lowest BCUT2D eigenvalue weighted by Gasteiger charge is -2.06. The van der Waals surface area contributed by atoms with Crippen LogP contribution in [0.5, 0.6) is 0 Å². The minimum Gasteiger partial charge on any atom is -0.468 e. The Kier molecular flexibility index (Phi) is 7.67. The van der Waals surface area contributed by atoms with Gasteiger partial charge < -0.3 is 9.30 Å². The van der Waals surface area contributed by atoms with Crippen LogP contribution in [0, 0.1) is 0 Å². The van der Waals surface area contributed by atoms with Gasteiger partial charge in [-0.15, -0.1) is 0 Å². The molecule has 0 aliphatic carbocycles. The third kappa shape index (κ3) is 4.93. The van der Waals surface area contributed by atoms with Crippen LogP contribution in [0.4, 0.5) is 0 Å². The molecule has 0 unspecified atom stereocenters. The first kappa shape index (κ1) is 22.5. The highest BCUT2D eigenvalue weighted by molar-refractivity contribution is 7.78. The number of esters is 1. The van der Waals surface area contributed by atoms with Crippen LogP contribution in [0.15, 0.2) is 60.7 Å². The SMILES string of the molecule is CCn1c2ccccc2c2cc(-c3cc(Cl)cc(Cl)c3)ccc21.COC(=O)CNS. The summed E-state index contributed by atoms with van der Waals surface area (Å²) in [5.74, 6) is -0.310. The number of aromatic nitrogens is 1. The lowest BCUT2D eigenvalue weighted by atomic mass is 10.0. The number of hydrogen-bond acceptors (Lipinski definition) is 4. The summed E-state index contributed by atoms with van der Waals surface area (Å²) in [7, 11) is 1.33. The molecule has 4 nitrogen and oxygen atoms in total. The molecule has 0 radical (unpaired) electrons. The van der Waals surface area contributed by atoms with E-state index in [1.165, 1.54) is 28.9 Å². The number of nitrogens with zero attached hydrogens (tertiary/aromatic N) is 1. The standard InChI is InChI=1S/C20H15Cl2N.C3H7NO2S/c1-2-23-19-6-4-3-5-17(19)18-11-13(7-8-20(18)23)14-9-15(21)12-16(22)10-14;1-6-3(5)2-4-7/h3-12H,2H2,1H3;4,7H,2H2,1H3. The maximum absolute atomic E-state index is 10.1. The number of rotatable bonds is 4. The van der Waals surface area contributed by atoms with Crippen LogP contribution >= 0.6 is 36.0 Å². The number of aryl methyl sites for hydroxylation is 1. The summed E-state index contributed by atoms with van der Waals surface area (Å²) in [6.45, 7) is 3.28. The molecule has 0 amide bonds.